The lowest BCUT2D eigenvalue weighted by Crippen LogP contribution is -2.28. The molecule has 0 aromatic heterocycles. The number of methoxy groups -OCH3 is 1. The van der Waals surface area contributed by atoms with E-state index in [-0.39, 0.29) is 18.9 Å². The van der Waals surface area contributed by atoms with Gasteiger partial charge in [-0.3, -0.25) is 9.59 Å². The average molecular weight is 307 g/mol. The van der Waals surface area contributed by atoms with Gasteiger partial charge in [0.25, 0.3) is 0 Å². The summed E-state index contributed by atoms with van der Waals surface area (Å²) in [5.74, 6) is -0.137. The van der Waals surface area contributed by atoms with Crippen LogP contribution in [-0.2, 0) is 16.0 Å². The zero-order valence-electron chi connectivity index (χ0n) is 12.9. The van der Waals surface area contributed by atoms with Crippen LogP contribution in [0.1, 0.15) is 18.9 Å². The van der Waals surface area contributed by atoms with E-state index in [4.69, 9.17) is 14.6 Å². The summed E-state index contributed by atoms with van der Waals surface area (Å²) in [6.45, 7) is 3.23. The number of likely N-dealkylation sites (tertiary alicyclic amines) is 1. The number of carboxylic acid groups (broad SMARTS) is 1. The highest BCUT2D eigenvalue weighted by Gasteiger charge is 2.33. The third-order valence-electron chi connectivity index (χ3n) is 3.79. The molecule has 0 spiro atoms. The summed E-state index contributed by atoms with van der Waals surface area (Å²) < 4.78 is 10.8. The average Bonchev–Trinajstić information content (AvgIpc) is 2.87. The maximum Gasteiger partial charge on any atom is 0.308 e. The van der Waals surface area contributed by atoms with E-state index in [1.54, 1.807) is 12.0 Å². The zero-order chi connectivity index (χ0) is 16.1. The molecule has 0 saturated carbocycles. The number of amides is 1. The fourth-order valence-corrected chi connectivity index (χ4v) is 2.57. The minimum Gasteiger partial charge on any atom is -0.497 e. The van der Waals surface area contributed by atoms with Crippen molar-refractivity contribution in [1.82, 2.24) is 4.90 Å². The second-order valence-electron chi connectivity index (χ2n) is 5.24. The second-order valence-corrected chi connectivity index (χ2v) is 5.24. The first-order valence-electron chi connectivity index (χ1n) is 7.35. The van der Waals surface area contributed by atoms with E-state index in [0.29, 0.717) is 19.6 Å². The molecule has 1 heterocycles. The molecule has 1 N–H and O–H groups in total. The van der Waals surface area contributed by atoms with Crippen LogP contribution in [0.15, 0.2) is 18.2 Å². The fraction of sp³-hybridized carbons (Fsp3) is 0.500. The first kappa shape index (κ1) is 16.1. The number of hydrogen-bond acceptors (Lipinski definition) is 4. The third-order valence-corrected chi connectivity index (χ3v) is 3.79. The van der Waals surface area contributed by atoms with Gasteiger partial charge in [-0.05, 0) is 25.0 Å². The summed E-state index contributed by atoms with van der Waals surface area (Å²) in [5.41, 5.74) is 0.981. The first-order chi connectivity index (χ1) is 10.5. The maximum absolute atomic E-state index is 11.8. The number of aliphatic carboxylic acids is 1. The van der Waals surface area contributed by atoms with Crippen LogP contribution in [-0.4, -0.2) is 48.7 Å². The van der Waals surface area contributed by atoms with Crippen LogP contribution in [0.3, 0.4) is 0 Å². The number of nitrogens with zero attached hydrogens (tertiary/aromatic N) is 1. The van der Waals surface area contributed by atoms with Crippen LogP contribution in [0, 0.1) is 5.92 Å². The highest BCUT2D eigenvalue weighted by atomic mass is 16.5. The van der Waals surface area contributed by atoms with Crippen molar-refractivity contribution in [3.8, 4) is 11.5 Å². The van der Waals surface area contributed by atoms with Gasteiger partial charge in [-0.25, -0.2) is 0 Å². The molecule has 1 atom stereocenters. The van der Waals surface area contributed by atoms with Crippen LogP contribution in [0.4, 0.5) is 0 Å². The molecule has 120 valence electrons. The molecule has 1 aliphatic rings. The van der Waals surface area contributed by atoms with Gasteiger partial charge in [0, 0.05) is 25.6 Å². The minimum absolute atomic E-state index is 0.0935. The molecule has 0 bridgehead atoms. The number of carboxylic acids is 1. The van der Waals surface area contributed by atoms with Crippen molar-refractivity contribution in [2.24, 2.45) is 5.92 Å². The Kier molecular flexibility index (Phi) is 5.25. The molecular formula is C16H21NO5. The van der Waals surface area contributed by atoms with Crippen LogP contribution >= 0.6 is 0 Å². The van der Waals surface area contributed by atoms with Crippen molar-refractivity contribution < 1.29 is 24.2 Å². The lowest BCUT2D eigenvalue weighted by molar-refractivity contribution is -0.141. The lowest BCUT2D eigenvalue weighted by Gasteiger charge is -2.17. The topological polar surface area (TPSA) is 76.1 Å². The molecular weight excluding hydrogens is 286 g/mol. The summed E-state index contributed by atoms with van der Waals surface area (Å²) in [6.07, 6.45) is 0.716. The molecule has 22 heavy (non-hydrogen) atoms. The monoisotopic (exact) mass is 307 g/mol. The molecule has 1 saturated heterocycles. The standard InChI is InChI=1S/C16H21NO5/c1-3-22-14-9-13(21-2)5-4-11(14)6-7-17-10-12(16(19)20)8-15(17)18/h4-5,9,12H,3,6-8,10H2,1-2H3,(H,19,20). The number of carbonyl (C=O) groups is 2. The summed E-state index contributed by atoms with van der Waals surface area (Å²) in [7, 11) is 1.60. The molecule has 1 aromatic rings. The molecule has 6 heteroatoms. The highest BCUT2D eigenvalue weighted by Crippen LogP contribution is 2.26. The molecule has 1 unspecified atom stereocenters. The molecule has 1 aliphatic heterocycles. The Balaban J connectivity index is 2.02. The zero-order valence-corrected chi connectivity index (χ0v) is 12.9. The second kappa shape index (κ2) is 7.15. The van der Waals surface area contributed by atoms with E-state index in [0.717, 1.165) is 17.1 Å². The Morgan fingerprint density at radius 2 is 2.23 bits per heavy atom. The smallest absolute Gasteiger partial charge is 0.308 e. The number of carbonyl (C=O) groups excluding carboxylic acids is 1. The lowest BCUT2D eigenvalue weighted by atomic mass is 10.1. The van der Waals surface area contributed by atoms with Crippen LogP contribution < -0.4 is 9.47 Å². The SMILES string of the molecule is CCOc1cc(OC)ccc1CCN1CC(C(=O)O)CC1=O. The Labute approximate surface area is 129 Å². The highest BCUT2D eigenvalue weighted by molar-refractivity contribution is 5.86. The Morgan fingerprint density at radius 1 is 1.45 bits per heavy atom. The van der Waals surface area contributed by atoms with E-state index >= 15 is 0 Å². The predicted molar refractivity (Wildman–Crippen MR) is 80.2 cm³/mol. The van der Waals surface area contributed by atoms with Gasteiger partial charge in [0.15, 0.2) is 0 Å². The molecule has 0 radical (unpaired) electrons. The number of rotatable bonds is 7. The molecule has 0 aliphatic carbocycles. The van der Waals surface area contributed by atoms with Crippen molar-refractivity contribution in [2.45, 2.75) is 19.8 Å². The summed E-state index contributed by atoms with van der Waals surface area (Å²) >= 11 is 0. The number of hydrogen-bond donors (Lipinski definition) is 1. The van der Waals surface area contributed by atoms with Crippen molar-refractivity contribution in [3.05, 3.63) is 23.8 Å². The van der Waals surface area contributed by atoms with E-state index in [1.165, 1.54) is 0 Å². The normalized spacial score (nSPS) is 17.6. The van der Waals surface area contributed by atoms with Crippen molar-refractivity contribution >= 4 is 11.9 Å². The van der Waals surface area contributed by atoms with Crippen LogP contribution in [0.2, 0.25) is 0 Å². The van der Waals surface area contributed by atoms with Gasteiger partial charge in [-0.1, -0.05) is 6.07 Å². The Bertz CT molecular complexity index is 557. The number of ether oxygens (including phenoxy) is 2. The van der Waals surface area contributed by atoms with E-state index in [9.17, 15) is 9.59 Å². The van der Waals surface area contributed by atoms with Gasteiger partial charge in [-0.2, -0.15) is 0 Å². The van der Waals surface area contributed by atoms with Crippen molar-refractivity contribution in [1.29, 1.82) is 0 Å². The number of benzene rings is 1. The van der Waals surface area contributed by atoms with Gasteiger partial charge in [0.05, 0.1) is 19.6 Å². The molecule has 1 amide bonds. The molecule has 1 fully saturated rings. The maximum atomic E-state index is 11.8. The predicted octanol–water partition coefficient (Wildman–Crippen LogP) is 1.57. The third kappa shape index (κ3) is 3.69. The van der Waals surface area contributed by atoms with E-state index in [2.05, 4.69) is 0 Å². The van der Waals surface area contributed by atoms with Gasteiger partial charge >= 0.3 is 5.97 Å². The van der Waals surface area contributed by atoms with Crippen LogP contribution in [0.25, 0.3) is 0 Å². The van der Waals surface area contributed by atoms with Gasteiger partial charge in [0.2, 0.25) is 5.91 Å². The van der Waals surface area contributed by atoms with Gasteiger partial charge in [-0.15, -0.1) is 0 Å². The van der Waals surface area contributed by atoms with Gasteiger partial charge < -0.3 is 19.5 Å². The van der Waals surface area contributed by atoms with Crippen LogP contribution in [0.5, 0.6) is 11.5 Å². The Hall–Kier alpha value is -2.24. The fourth-order valence-electron chi connectivity index (χ4n) is 2.57. The first-order valence-corrected chi connectivity index (χ1v) is 7.35. The Morgan fingerprint density at radius 3 is 2.82 bits per heavy atom. The molecule has 2 rings (SSSR count). The van der Waals surface area contributed by atoms with Crippen molar-refractivity contribution in [2.75, 3.05) is 26.8 Å². The summed E-state index contributed by atoms with van der Waals surface area (Å²) in [5, 5.41) is 8.99. The van der Waals surface area contributed by atoms with E-state index in [1.807, 2.05) is 25.1 Å². The molecule has 1 aromatic carbocycles. The van der Waals surface area contributed by atoms with Crippen molar-refractivity contribution in [3.63, 3.8) is 0 Å². The largest absolute Gasteiger partial charge is 0.497 e. The minimum atomic E-state index is -0.907. The van der Waals surface area contributed by atoms with E-state index < -0.39 is 11.9 Å². The quantitative estimate of drug-likeness (QED) is 0.827. The van der Waals surface area contributed by atoms with Gasteiger partial charge in [0.1, 0.15) is 11.5 Å². The summed E-state index contributed by atoms with van der Waals surface area (Å²) in [6, 6.07) is 5.59. The summed E-state index contributed by atoms with van der Waals surface area (Å²) in [4.78, 5) is 24.4. The molecule has 6 nitrogen and oxygen atoms in total.